The number of aromatic nitrogens is 2. The number of para-hydroxylation sites is 2. The lowest BCUT2D eigenvalue weighted by Crippen LogP contribution is -1.98. The molecule has 0 aliphatic heterocycles. The van der Waals surface area contributed by atoms with E-state index in [4.69, 9.17) is 12.2 Å². The van der Waals surface area contributed by atoms with Crippen LogP contribution in [-0.4, -0.2) is 9.55 Å². The first-order valence-electron chi connectivity index (χ1n) is 5.52. The summed E-state index contributed by atoms with van der Waals surface area (Å²) in [7, 11) is 0. The maximum atomic E-state index is 5.33. The van der Waals surface area contributed by atoms with Gasteiger partial charge in [0, 0.05) is 6.54 Å². The summed E-state index contributed by atoms with van der Waals surface area (Å²) in [5.41, 5.74) is 2.39. The number of hydrogen-bond acceptors (Lipinski definition) is 1. The number of hydrogen-bond donors (Lipinski definition) is 1. The van der Waals surface area contributed by atoms with Gasteiger partial charge >= 0.3 is 0 Å². The van der Waals surface area contributed by atoms with Gasteiger partial charge in [-0.15, -0.1) is 0 Å². The first-order valence-corrected chi connectivity index (χ1v) is 5.93. The second kappa shape index (κ2) is 3.49. The van der Waals surface area contributed by atoms with E-state index < -0.39 is 0 Å². The molecule has 1 saturated carbocycles. The maximum Gasteiger partial charge on any atom is 0.178 e. The highest BCUT2D eigenvalue weighted by molar-refractivity contribution is 7.71. The van der Waals surface area contributed by atoms with Crippen LogP contribution in [-0.2, 0) is 6.54 Å². The minimum absolute atomic E-state index is 0.858. The molecule has 15 heavy (non-hydrogen) atoms. The number of aryl methyl sites for hydroxylation is 1. The average molecular weight is 218 g/mol. The summed E-state index contributed by atoms with van der Waals surface area (Å²) < 4.78 is 3.08. The third-order valence-corrected chi connectivity index (χ3v) is 3.46. The number of aromatic amines is 1. The highest BCUT2D eigenvalue weighted by Crippen LogP contribution is 2.33. The Kier molecular flexibility index (Phi) is 2.13. The minimum atomic E-state index is 0.858. The van der Waals surface area contributed by atoms with Crippen LogP contribution in [0.25, 0.3) is 11.0 Å². The first-order chi connectivity index (χ1) is 7.34. The van der Waals surface area contributed by atoms with Gasteiger partial charge in [0.1, 0.15) is 0 Å². The van der Waals surface area contributed by atoms with Crippen LogP contribution in [0.4, 0.5) is 0 Å². The van der Waals surface area contributed by atoms with Crippen molar-refractivity contribution in [3.63, 3.8) is 0 Å². The number of benzene rings is 1. The molecule has 2 aromatic rings. The van der Waals surface area contributed by atoms with E-state index in [-0.39, 0.29) is 0 Å². The summed E-state index contributed by atoms with van der Waals surface area (Å²) in [5.74, 6) is 0.959. The van der Waals surface area contributed by atoms with Gasteiger partial charge in [-0.05, 0) is 36.7 Å². The van der Waals surface area contributed by atoms with Crippen molar-refractivity contribution < 1.29 is 0 Å². The molecule has 0 saturated heterocycles. The van der Waals surface area contributed by atoms with Gasteiger partial charge in [-0.2, -0.15) is 0 Å². The molecule has 78 valence electrons. The van der Waals surface area contributed by atoms with Gasteiger partial charge in [-0.1, -0.05) is 25.0 Å². The molecule has 1 aliphatic carbocycles. The quantitative estimate of drug-likeness (QED) is 0.782. The SMILES string of the molecule is S=c1[nH]c2ccccc2n1CCC1CC1. The lowest BCUT2D eigenvalue weighted by Gasteiger charge is -2.02. The van der Waals surface area contributed by atoms with E-state index >= 15 is 0 Å². The molecule has 1 aromatic heterocycles. The Labute approximate surface area is 93.9 Å². The van der Waals surface area contributed by atoms with E-state index in [1.807, 2.05) is 6.07 Å². The van der Waals surface area contributed by atoms with E-state index in [9.17, 15) is 0 Å². The molecule has 1 N–H and O–H groups in total. The van der Waals surface area contributed by atoms with Gasteiger partial charge in [0.15, 0.2) is 4.77 Å². The number of rotatable bonds is 3. The largest absolute Gasteiger partial charge is 0.331 e. The molecule has 0 unspecified atom stereocenters. The highest BCUT2D eigenvalue weighted by atomic mass is 32.1. The molecule has 3 heteroatoms. The average Bonchev–Trinajstić information content (AvgIpc) is 3.00. The summed E-state index contributed by atoms with van der Waals surface area (Å²) in [6.45, 7) is 1.06. The van der Waals surface area contributed by atoms with Gasteiger partial charge in [-0.25, -0.2) is 0 Å². The molecule has 3 rings (SSSR count). The van der Waals surface area contributed by atoms with Crippen LogP contribution in [0.2, 0.25) is 0 Å². The maximum absolute atomic E-state index is 5.33. The molecule has 1 fully saturated rings. The van der Waals surface area contributed by atoms with Crippen molar-refractivity contribution in [2.24, 2.45) is 5.92 Å². The Morgan fingerprint density at radius 1 is 1.33 bits per heavy atom. The topological polar surface area (TPSA) is 20.7 Å². The molecule has 0 amide bonds. The fourth-order valence-corrected chi connectivity index (χ4v) is 2.35. The normalized spacial score (nSPS) is 16.0. The van der Waals surface area contributed by atoms with Crippen molar-refractivity contribution in [3.05, 3.63) is 29.0 Å². The Morgan fingerprint density at radius 2 is 2.13 bits per heavy atom. The van der Waals surface area contributed by atoms with Crippen LogP contribution >= 0.6 is 12.2 Å². The van der Waals surface area contributed by atoms with Crippen molar-refractivity contribution in [1.29, 1.82) is 0 Å². The van der Waals surface area contributed by atoms with Crippen molar-refractivity contribution in [3.8, 4) is 0 Å². The van der Waals surface area contributed by atoms with Crippen LogP contribution in [0, 0.1) is 10.7 Å². The van der Waals surface area contributed by atoms with E-state index in [0.717, 1.165) is 22.8 Å². The zero-order chi connectivity index (χ0) is 10.3. The number of nitrogens with one attached hydrogen (secondary N) is 1. The third-order valence-electron chi connectivity index (χ3n) is 3.14. The molecule has 0 spiro atoms. The molecule has 1 aromatic carbocycles. The molecule has 0 radical (unpaired) electrons. The van der Waals surface area contributed by atoms with E-state index in [2.05, 4.69) is 27.8 Å². The van der Waals surface area contributed by atoms with Gasteiger partial charge < -0.3 is 9.55 Å². The molecule has 0 atom stereocenters. The van der Waals surface area contributed by atoms with Gasteiger partial charge in [0.05, 0.1) is 11.0 Å². The number of imidazole rings is 1. The van der Waals surface area contributed by atoms with E-state index in [0.29, 0.717) is 0 Å². The van der Waals surface area contributed by atoms with Crippen LogP contribution in [0.3, 0.4) is 0 Å². The molecule has 1 aliphatic rings. The molecular weight excluding hydrogens is 204 g/mol. The summed E-state index contributed by atoms with van der Waals surface area (Å²) in [5, 5.41) is 0. The predicted molar refractivity (Wildman–Crippen MR) is 64.5 cm³/mol. The number of nitrogens with zero attached hydrogens (tertiary/aromatic N) is 1. The Balaban J connectivity index is 1.99. The second-order valence-corrected chi connectivity index (χ2v) is 4.72. The number of H-pyrrole nitrogens is 1. The van der Waals surface area contributed by atoms with Crippen molar-refractivity contribution in [1.82, 2.24) is 9.55 Å². The van der Waals surface area contributed by atoms with Crippen LogP contribution in [0.15, 0.2) is 24.3 Å². The summed E-state index contributed by atoms with van der Waals surface area (Å²) in [6, 6.07) is 8.32. The van der Waals surface area contributed by atoms with Crippen LogP contribution in [0.5, 0.6) is 0 Å². The smallest absolute Gasteiger partial charge is 0.178 e. The van der Waals surface area contributed by atoms with Gasteiger partial charge in [0.25, 0.3) is 0 Å². The lowest BCUT2D eigenvalue weighted by molar-refractivity contribution is 0.603. The number of fused-ring (bicyclic) bond motifs is 1. The third kappa shape index (κ3) is 1.72. The standard InChI is InChI=1S/C12H14N2S/c15-12-13-10-3-1-2-4-11(10)14(12)8-7-9-5-6-9/h1-4,9H,5-8H2,(H,13,15). The van der Waals surface area contributed by atoms with Crippen LogP contribution < -0.4 is 0 Å². The summed E-state index contributed by atoms with van der Waals surface area (Å²) in [4.78, 5) is 3.25. The van der Waals surface area contributed by atoms with E-state index in [1.54, 1.807) is 0 Å². The Bertz CT molecular complexity index is 534. The molecule has 0 bridgehead atoms. The molecular formula is C12H14N2S. The monoisotopic (exact) mass is 218 g/mol. The fourth-order valence-electron chi connectivity index (χ4n) is 2.05. The lowest BCUT2D eigenvalue weighted by atomic mass is 10.3. The molecule has 2 nitrogen and oxygen atoms in total. The van der Waals surface area contributed by atoms with Gasteiger partial charge in [-0.3, -0.25) is 0 Å². The Morgan fingerprint density at radius 3 is 2.93 bits per heavy atom. The van der Waals surface area contributed by atoms with E-state index in [1.165, 1.54) is 24.8 Å². The van der Waals surface area contributed by atoms with Crippen molar-refractivity contribution >= 4 is 23.3 Å². The first kappa shape index (κ1) is 9.16. The molecule has 1 heterocycles. The minimum Gasteiger partial charge on any atom is -0.331 e. The predicted octanol–water partition coefficient (Wildman–Crippen LogP) is 3.50. The van der Waals surface area contributed by atoms with Crippen molar-refractivity contribution in [2.75, 3.05) is 0 Å². The zero-order valence-corrected chi connectivity index (χ0v) is 9.39. The summed E-state index contributed by atoms with van der Waals surface area (Å²) in [6.07, 6.45) is 4.10. The Hall–Kier alpha value is -1.09. The zero-order valence-electron chi connectivity index (χ0n) is 8.57. The van der Waals surface area contributed by atoms with Gasteiger partial charge in [0.2, 0.25) is 0 Å². The summed E-state index contributed by atoms with van der Waals surface area (Å²) >= 11 is 5.33. The second-order valence-electron chi connectivity index (χ2n) is 4.33. The van der Waals surface area contributed by atoms with Crippen LogP contribution in [0.1, 0.15) is 19.3 Å². The fraction of sp³-hybridized carbons (Fsp3) is 0.417. The highest BCUT2D eigenvalue weighted by Gasteiger charge is 2.21. The van der Waals surface area contributed by atoms with Crippen molar-refractivity contribution in [2.45, 2.75) is 25.8 Å².